The molecule has 0 saturated heterocycles. The molecule has 0 amide bonds. The van der Waals surface area contributed by atoms with E-state index < -0.39 is 0 Å². The number of aromatic nitrogens is 4. The van der Waals surface area contributed by atoms with E-state index in [1.165, 1.54) is 0 Å². The van der Waals surface area contributed by atoms with Crippen molar-refractivity contribution in [3.63, 3.8) is 0 Å². The fraction of sp³-hybridized carbons (Fsp3) is 0. The third-order valence-corrected chi connectivity index (χ3v) is 5.29. The monoisotopic (exact) mass is 389 g/mol. The maximum Gasteiger partial charge on any atom is 0.166 e. The fourth-order valence-corrected chi connectivity index (χ4v) is 3.89. The fourth-order valence-electron chi connectivity index (χ4n) is 3.89. The highest BCUT2D eigenvalue weighted by atomic mass is 15.2. The molecule has 5 aliphatic rings. The average Bonchev–Trinajstić information content (AvgIpc) is 3.43. The number of amidine groups is 4. The van der Waals surface area contributed by atoms with Gasteiger partial charge in [0, 0.05) is 70.6 Å². The molecule has 0 spiro atoms. The summed E-state index contributed by atoms with van der Waals surface area (Å²) in [5, 5.41) is 3.37. The molecule has 0 radical (unpaired) electrons. The van der Waals surface area contributed by atoms with Crippen LogP contribution in [0.15, 0.2) is 75.3 Å². The van der Waals surface area contributed by atoms with Gasteiger partial charge in [-0.1, -0.05) is 0 Å². The Kier molecular flexibility index (Phi) is 2.83. The summed E-state index contributed by atoms with van der Waals surface area (Å²) in [4.78, 5) is 35.4. The largest absolute Gasteiger partial charge is 0.367 e. The number of pyridine rings is 3. The van der Waals surface area contributed by atoms with E-state index in [1.807, 2.05) is 30.6 Å². The Bertz CT molecular complexity index is 1360. The van der Waals surface area contributed by atoms with Crippen LogP contribution in [0.1, 0.15) is 22.3 Å². The summed E-state index contributed by atoms with van der Waals surface area (Å²) in [7, 11) is 0. The van der Waals surface area contributed by atoms with Crippen molar-refractivity contribution in [2.45, 2.75) is 0 Å². The van der Waals surface area contributed by atoms with Gasteiger partial charge in [-0.05, 0) is 18.2 Å². The molecule has 2 aromatic heterocycles. The molecule has 140 valence electrons. The summed E-state index contributed by atoms with van der Waals surface area (Å²) in [6, 6.07) is 5.77. The molecule has 9 heteroatoms. The van der Waals surface area contributed by atoms with Crippen LogP contribution in [0, 0.1) is 0 Å². The Morgan fingerprint density at radius 1 is 0.600 bits per heavy atom. The zero-order valence-corrected chi connectivity index (χ0v) is 15.3. The first-order chi connectivity index (χ1) is 14.8. The second kappa shape index (κ2) is 5.51. The Balaban J connectivity index is 1.58. The minimum absolute atomic E-state index is 0.546. The Hall–Kier alpha value is -4.53. The Labute approximate surface area is 169 Å². The molecule has 0 saturated carbocycles. The third-order valence-electron chi connectivity index (χ3n) is 5.29. The van der Waals surface area contributed by atoms with E-state index in [1.54, 1.807) is 24.8 Å². The van der Waals surface area contributed by atoms with Crippen molar-refractivity contribution in [2.24, 2.45) is 20.0 Å². The van der Waals surface area contributed by atoms with Crippen LogP contribution in [0.3, 0.4) is 0 Å². The van der Waals surface area contributed by atoms with E-state index in [9.17, 15) is 0 Å². The molecule has 7 heterocycles. The molecule has 0 atom stereocenters. The summed E-state index contributed by atoms with van der Waals surface area (Å²) in [6.45, 7) is 0. The lowest BCUT2D eigenvalue weighted by molar-refractivity contribution is 1.27. The number of rotatable bonds is 0. The van der Waals surface area contributed by atoms with Gasteiger partial charge >= 0.3 is 0 Å². The van der Waals surface area contributed by atoms with Crippen LogP contribution >= 0.6 is 0 Å². The highest BCUT2D eigenvalue weighted by molar-refractivity contribution is 6.31. The Morgan fingerprint density at radius 2 is 1.23 bits per heavy atom. The van der Waals surface area contributed by atoms with Crippen molar-refractivity contribution in [3.05, 3.63) is 77.6 Å². The molecule has 2 N–H and O–H groups in total. The van der Waals surface area contributed by atoms with Crippen molar-refractivity contribution in [1.82, 2.24) is 25.3 Å². The normalized spacial score (nSPS) is 15.7. The number of hydrogen-bond donors (Lipinski definition) is 2. The molecular weight excluding hydrogens is 378 g/mol. The SMILES string of the molecule is c1cc2c(cn1)C1=Nc3nc(c4c[nH]ccc3-4)N=C3N=C(NC2=N1)c1ccncc13. The van der Waals surface area contributed by atoms with E-state index in [-0.39, 0.29) is 0 Å². The zero-order chi connectivity index (χ0) is 19.7. The minimum Gasteiger partial charge on any atom is -0.367 e. The van der Waals surface area contributed by atoms with Crippen LogP contribution in [0.25, 0.3) is 11.1 Å². The van der Waals surface area contributed by atoms with E-state index in [2.05, 4.69) is 20.3 Å². The smallest absolute Gasteiger partial charge is 0.166 e. The number of aliphatic imine (C=N–C) groups is 4. The van der Waals surface area contributed by atoms with E-state index in [4.69, 9.17) is 25.0 Å². The highest BCUT2D eigenvalue weighted by Crippen LogP contribution is 2.40. The van der Waals surface area contributed by atoms with Crippen LogP contribution in [-0.2, 0) is 0 Å². The van der Waals surface area contributed by atoms with Gasteiger partial charge in [0.15, 0.2) is 23.3 Å². The van der Waals surface area contributed by atoms with E-state index >= 15 is 0 Å². The standard InChI is InChI=1S/C21H11N9/c1-4-22-7-13-10(1)16-25-17-11-2-5-23-8-14(11)20(27-17)30-21-15-9-24-6-3-12(15)18(29-21)28-19(13)26-16/h1-9,24H,(H,25,26,27,28,29,30). The number of nitrogens with zero attached hydrogens (tertiary/aromatic N) is 7. The van der Waals surface area contributed by atoms with Crippen LogP contribution in [0.2, 0.25) is 0 Å². The van der Waals surface area contributed by atoms with Crippen LogP contribution < -0.4 is 5.32 Å². The Morgan fingerprint density at radius 3 is 1.90 bits per heavy atom. The molecule has 0 fully saturated rings. The molecule has 0 unspecified atom stereocenters. The maximum atomic E-state index is 4.78. The lowest BCUT2D eigenvalue weighted by Crippen LogP contribution is -2.30. The van der Waals surface area contributed by atoms with Crippen molar-refractivity contribution in [2.75, 3.05) is 0 Å². The van der Waals surface area contributed by atoms with Crippen molar-refractivity contribution in [1.29, 1.82) is 0 Å². The van der Waals surface area contributed by atoms with E-state index in [0.717, 1.165) is 33.4 Å². The lowest BCUT2D eigenvalue weighted by Gasteiger charge is -2.07. The second-order valence-electron chi connectivity index (χ2n) is 6.99. The number of aromatic amines is 1. The molecule has 6 bridgehead atoms. The molecule has 9 nitrogen and oxygen atoms in total. The molecule has 5 aliphatic heterocycles. The summed E-state index contributed by atoms with van der Waals surface area (Å²) >= 11 is 0. The number of fused-ring (bicyclic) bond motifs is 13. The third kappa shape index (κ3) is 2.03. The van der Waals surface area contributed by atoms with E-state index in [0.29, 0.717) is 35.0 Å². The summed E-state index contributed by atoms with van der Waals surface area (Å²) in [5.41, 5.74) is 5.25. The highest BCUT2D eigenvalue weighted by Gasteiger charge is 2.30. The molecule has 0 aliphatic carbocycles. The summed E-state index contributed by atoms with van der Waals surface area (Å²) in [6.07, 6.45) is 10.7. The van der Waals surface area contributed by atoms with Gasteiger partial charge in [0.1, 0.15) is 11.7 Å². The van der Waals surface area contributed by atoms with Gasteiger partial charge in [-0.2, -0.15) is 0 Å². The molecule has 0 aromatic carbocycles. The van der Waals surface area contributed by atoms with Gasteiger partial charge in [0.25, 0.3) is 0 Å². The first-order valence-electron chi connectivity index (χ1n) is 9.33. The zero-order valence-electron chi connectivity index (χ0n) is 15.3. The van der Waals surface area contributed by atoms with Crippen LogP contribution in [-0.4, -0.2) is 43.3 Å². The molecule has 30 heavy (non-hydrogen) atoms. The average molecular weight is 389 g/mol. The summed E-state index contributed by atoms with van der Waals surface area (Å²) < 4.78 is 0. The first kappa shape index (κ1) is 15.4. The van der Waals surface area contributed by atoms with Gasteiger partial charge in [0.05, 0.1) is 0 Å². The van der Waals surface area contributed by atoms with Gasteiger partial charge < -0.3 is 10.3 Å². The molecular formula is C21H11N9. The minimum atomic E-state index is 0.546. The van der Waals surface area contributed by atoms with Gasteiger partial charge in [0.2, 0.25) is 0 Å². The predicted octanol–water partition coefficient (Wildman–Crippen LogP) is 2.58. The number of nitrogens with one attached hydrogen (secondary N) is 2. The second-order valence-corrected chi connectivity index (χ2v) is 6.99. The van der Waals surface area contributed by atoms with Crippen LogP contribution in [0.5, 0.6) is 0 Å². The van der Waals surface area contributed by atoms with Gasteiger partial charge in [-0.25, -0.2) is 25.0 Å². The van der Waals surface area contributed by atoms with Gasteiger partial charge in [-0.15, -0.1) is 0 Å². The molecule has 2 aromatic rings. The predicted molar refractivity (Wildman–Crippen MR) is 112 cm³/mol. The van der Waals surface area contributed by atoms with Crippen molar-refractivity contribution < 1.29 is 0 Å². The van der Waals surface area contributed by atoms with Crippen LogP contribution in [0.4, 0.5) is 11.6 Å². The first-order valence-corrected chi connectivity index (χ1v) is 9.33. The maximum absolute atomic E-state index is 4.78. The number of hydrogen-bond acceptors (Lipinski definition) is 8. The van der Waals surface area contributed by atoms with Crippen molar-refractivity contribution >= 4 is 35.0 Å². The molecule has 7 rings (SSSR count). The quantitative estimate of drug-likeness (QED) is 0.481. The topological polar surface area (TPSA) is 116 Å². The summed E-state index contributed by atoms with van der Waals surface area (Å²) in [5.74, 6) is 3.54. The number of H-pyrrole nitrogens is 1. The lowest BCUT2D eigenvalue weighted by atomic mass is 10.1. The van der Waals surface area contributed by atoms with Gasteiger partial charge in [-0.3, -0.25) is 9.97 Å². The van der Waals surface area contributed by atoms with Crippen molar-refractivity contribution in [3.8, 4) is 11.1 Å².